The van der Waals surface area contributed by atoms with Gasteiger partial charge in [-0.2, -0.15) is 0 Å². The molecule has 31 heavy (non-hydrogen) atoms. The van der Waals surface area contributed by atoms with Crippen molar-refractivity contribution in [2.45, 2.75) is 13.0 Å². The average molecular weight is 417 g/mol. The van der Waals surface area contributed by atoms with E-state index < -0.39 is 0 Å². The molecular weight excluding hydrogens is 394 g/mol. The highest BCUT2D eigenvalue weighted by atomic mass is 16.5. The number of amides is 1. The Balaban J connectivity index is 1.66. The fraction of sp³-hybridized carbons (Fsp3) is 0.217. The molecule has 3 N–H and O–H groups in total. The Kier molecular flexibility index (Phi) is 5.29. The Morgan fingerprint density at radius 2 is 2.03 bits per heavy atom. The third-order valence-corrected chi connectivity index (χ3v) is 5.30. The molecule has 1 fully saturated rings. The number of aromatic nitrogens is 2. The predicted octanol–water partition coefficient (Wildman–Crippen LogP) is 2.90. The smallest absolute Gasteiger partial charge is 0.246 e. The van der Waals surface area contributed by atoms with Crippen LogP contribution in [0.5, 0.6) is 5.75 Å². The molecule has 2 aromatic carbocycles. The van der Waals surface area contributed by atoms with Gasteiger partial charge in [-0.3, -0.25) is 9.59 Å². The minimum absolute atomic E-state index is 0.0302. The molecule has 2 heterocycles. The summed E-state index contributed by atoms with van der Waals surface area (Å²) in [5, 5.41) is 4.08. The van der Waals surface area contributed by atoms with Crippen LogP contribution in [0.2, 0.25) is 0 Å². The molecule has 1 saturated heterocycles. The van der Waals surface area contributed by atoms with E-state index in [0.717, 1.165) is 5.69 Å². The lowest BCUT2D eigenvalue weighted by Gasteiger charge is -2.39. The molecule has 1 amide bonds. The van der Waals surface area contributed by atoms with Gasteiger partial charge < -0.3 is 20.7 Å². The van der Waals surface area contributed by atoms with E-state index in [9.17, 15) is 9.59 Å². The zero-order valence-corrected chi connectivity index (χ0v) is 17.4. The van der Waals surface area contributed by atoms with Crippen LogP contribution in [0.25, 0.3) is 22.3 Å². The van der Waals surface area contributed by atoms with E-state index in [1.807, 2.05) is 12.1 Å². The summed E-state index contributed by atoms with van der Waals surface area (Å²) < 4.78 is 5.55. The van der Waals surface area contributed by atoms with Crippen molar-refractivity contribution in [2.24, 2.45) is 0 Å². The number of carbonyl (C=O) groups is 2. The van der Waals surface area contributed by atoms with Crippen molar-refractivity contribution < 1.29 is 14.3 Å². The molecule has 1 aliphatic heterocycles. The van der Waals surface area contributed by atoms with Crippen LogP contribution in [0.4, 0.5) is 11.5 Å². The third kappa shape index (κ3) is 3.92. The van der Waals surface area contributed by atoms with Gasteiger partial charge in [-0.05, 0) is 25.1 Å². The Bertz CT molecular complexity index is 1200. The molecule has 0 unspecified atom stereocenters. The zero-order chi connectivity index (χ0) is 22.1. The van der Waals surface area contributed by atoms with E-state index in [-0.39, 0.29) is 17.7 Å². The number of nitrogens with zero attached hydrogens (tertiary/aromatic N) is 3. The highest BCUT2D eigenvalue weighted by Crippen LogP contribution is 2.34. The van der Waals surface area contributed by atoms with Crippen molar-refractivity contribution in [3.63, 3.8) is 0 Å². The van der Waals surface area contributed by atoms with E-state index in [0.29, 0.717) is 52.5 Å². The number of likely N-dealkylation sites (tertiary alicyclic amines) is 1. The molecule has 0 saturated carbocycles. The Labute approximate surface area is 179 Å². The number of methoxy groups -OCH3 is 1. The number of ketones is 1. The first-order valence-corrected chi connectivity index (χ1v) is 9.84. The van der Waals surface area contributed by atoms with Gasteiger partial charge in [0.1, 0.15) is 11.6 Å². The van der Waals surface area contributed by atoms with E-state index in [2.05, 4.69) is 21.9 Å². The minimum Gasteiger partial charge on any atom is -0.495 e. The first kappa shape index (κ1) is 20.3. The SMILES string of the molecule is C=CC(=O)N1CC(Nc2cc3c(N)nc(-c4cccc(C(C)=O)c4)nc3cc2OC)C1. The van der Waals surface area contributed by atoms with Gasteiger partial charge in [0.05, 0.1) is 24.4 Å². The maximum atomic E-state index is 11.7. The van der Waals surface area contributed by atoms with Gasteiger partial charge in [-0.1, -0.05) is 24.8 Å². The van der Waals surface area contributed by atoms with Gasteiger partial charge in [0, 0.05) is 35.7 Å². The fourth-order valence-corrected chi connectivity index (χ4v) is 3.57. The van der Waals surface area contributed by atoms with Gasteiger partial charge in [-0.15, -0.1) is 0 Å². The number of nitrogens with two attached hydrogens (primary N) is 1. The predicted molar refractivity (Wildman–Crippen MR) is 120 cm³/mol. The van der Waals surface area contributed by atoms with Crippen molar-refractivity contribution in [1.29, 1.82) is 0 Å². The van der Waals surface area contributed by atoms with Crippen LogP contribution in [0.3, 0.4) is 0 Å². The van der Waals surface area contributed by atoms with Crippen LogP contribution in [0.15, 0.2) is 49.1 Å². The number of rotatable bonds is 6. The Morgan fingerprint density at radius 1 is 1.26 bits per heavy atom. The molecule has 4 rings (SSSR count). The van der Waals surface area contributed by atoms with Crippen LogP contribution in [0.1, 0.15) is 17.3 Å². The van der Waals surface area contributed by atoms with Gasteiger partial charge in [0.2, 0.25) is 5.91 Å². The summed E-state index contributed by atoms with van der Waals surface area (Å²) in [4.78, 5) is 34.1. The molecule has 1 aromatic heterocycles. The molecule has 0 spiro atoms. The molecule has 0 atom stereocenters. The summed E-state index contributed by atoms with van der Waals surface area (Å²) in [6.07, 6.45) is 1.31. The number of anilines is 2. The first-order valence-electron chi connectivity index (χ1n) is 9.84. The number of carbonyl (C=O) groups excluding carboxylic acids is 2. The Hall–Kier alpha value is -3.94. The number of Topliss-reactive ketones (excluding diaryl/α,β-unsaturated/α-hetero) is 1. The number of fused-ring (bicyclic) bond motifs is 1. The maximum Gasteiger partial charge on any atom is 0.246 e. The van der Waals surface area contributed by atoms with E-state index in [4.69, 9.17) is 10.5 Å². The summed E-state index contributed by atoms with van der Waals surface area (Å²) in [5.41, 5.74) is 8.95. The summed E-state index contributed by atoms with van der Waals surface area (Å²) in [6.45, 7) is 6.20. The Morgan fingerprint density at radius 3 is 2.71 bits per heavy atom. The van der Waals surface area contributed by atoms with Crippen molar-refractivity contribution in [3.8, 4) is 17.1 Å². The summed E-state index contributed by atoms with van der Waals surface area (Å²) in [5.74, 6) is 1.27. The summed E-state index contributed by atoms with van der Waals surface area (Å²) in [7, 11) is 1.59. The molecule has 8 heteroatoms. The van der Waals surface area contributed by atoms with Gasteiger partial charge in [0.15, 0.2) is 11.6 Å². The molecule has 0 aliphatic carbocycles. The fourth-order valence-electron chi connectivity index (χ4n) is 3.57. The minimum atomic E-state index is -0.0810. The van der Waals surface area contributed by atoms with Gasteiger partial charge >= 0.3 is 0 Å². The van der Waals surface area contributed by atoms with Crippen LogP contribution in [-0.2, 0) is 4.79 Å². The van der Waals surface area contributed by atoms with Crippen molar-refractivity contribution in [3.05, 3.63) is 54.6 Å². The first-order chi connectivity index (χ1) is 14.9. The third-order valence-electron chi connectivity index (χ3n) is 5.30. The van der Waals surface area contributed by atoms with Crippen LogP contribution in [-0.4, -0.2) is 52.8 Å². The molecule has 3 aromatic rings. The highest BCUT2D eigenvalue weighted by molar-refractivity contribution is 5.96. The van der Waals surface area contributed by atoms with Crippen molar-refractivity contribution in [2.75, 3.05) is 31.2 Å². The topological polar surface area (TPSA) is 110 Å². The number of nitrogen functional groups attached to an aromatic ring is 1. The molecule has 0 radical (unpaired) electrons. The van der Waals surface area contributed by atoms with Gasteiger partial charge in [-0.25, -0.2) is 9.97 Å². The van der Waals surface area contributed by atoms with E-state index >= 15 is 0 Å². The second-order valence-electron chi connectivity index (χ2n) is 7.43. The number of nitrogens with one attached hydrogen (secondary N) is 1. The second-order valence-corrected chi connectivity index (χ2v) is 7.43. The molecule has 8 nitrogen and oxygen atoms in total. The van der Waals surface area contributed by atoms with Crippen LogP contribution >= 0.6 is 0 Å². The lowest BCUT2D eigenvalue weighted by Crippen LogP contribution is -2.56. The van der Waals surface area contributed by atoms with Crippen LogP contribution in [0, 0.1) is 0 Å². The largest absolute Gasteiger partial charge is 0.495 e. The van der Waals surface area contributed by atoms with Crippen molar-refractivity contribution >= 4 is 34.1 Å². The average Bonchev–Trinajstić information content (AvgIpc) is 2.75. The maximum absolute atomic E-state index is 11.7. The molecule has 0 bridgehead atoms. The normalized spacial score (nSPS) is 13.5. The molecular formula is C23H23N5O3. The molecule has 1 aliphatic rings. The lowest BCUT2D eigenvalue weighted by molar-refractivity contribution is -0.129. The standard InChI is InChI=1S/C23H23N5O3/c1-4-21(30)28-11-16(12-28)25-19-9-17-18(10-20(19)31-3)26-23(27-22(17)24)15-7-5-6-14(8-15)13(2)29/h4-10,16,25H,1,11-12H2,2-3H3,(H2,24,26,27). The second kappa shape index (κ2) is 8.06. The van der Waals surface area contributed by atoms with E-state index in [1.54, 1.807) is 36.3 Å². The number of hydrogen-bond acceptors (Lipinski definition) is 7. The van der Waals surface area contributed by atoms with Gasteiger partial charge in [0.25, 0.3) is 0 Å². The highest BCUT2D eigenvalue weighted by Gasteiger charge is 2.29. The summed E-state index contributed by atoms with van der Waals surface area (Å²) in [6, 6.07) is 10.9. The summed E-state index contributed by atoms with van der Waals surface area (Å²) >= 11 is 0. The monoisotopic (exact) mass is 417 g/mol. The van der Waals surface area contributed by atoms with E-state index in [1.165, 1.54) is 13.0 Å². The van der Waals surface area contributed by atoms with Crippen LogP contribution < -0.4 is 15.8 Å². The quantitative estimate of drug-likeness (QED) is 0.469. The number of hydrogen-bond donors (Lipinski definition) is 2. The molecule has 158 valence electrons. The lowest BCUT2D eigenvalue weighted by atomic mass is 10.1. The van der Waals surface area contributed by atoms with Crippen molar-refractivity contribution in [1.82, 2.24) is 14.9 Å². The zero-order valence-electron chi connectivity index (χ0n) is 17.4. The number of benzene rings is 2. The number of ether oxygens (including phenoxy) is 1.